The lowest BCUT2D eigenvalue weighted by Gasteiger charge is -2.35. The van der Waals surface area contributed by atoms with Crippen LogP contribution in [0.5, 0.6) is 0 Å². The predicted molar refractivity (Wildman–Crippen MR) is 123 cm³/mol. The molecule has 0 fully saturated rings. The van der Waals surface area contributed by atoms with E-state index in [0.717, 1.165) is 37.9 Å². The van der Waals surface area contributed by atoms with E-state index in [1.54, 1.807) is 0 Å². The Labute approximate surface area is 184 Å². The predicted octanol–water partition coefficient (Wildman–Crippen LogP) is 6.86. The maximum absolute atomic E-state index is 13.8. The van der Waals surface area contributed by atoms with Gasteiger partial charge in [-0.2, -0.15) is 0 Å². The minimum Gasteiger partial charge on any atom is -0.293 e. The van der Waals surface area contributed by atoms with Gasteiger partial charge in [0.05, 0.1) is 5.92 Å². The van der Waals surface area contributed by atoms with Crippen LogP contribution in [0.4, 0.5) is 0 Å². The van der Waals surface area contributed by atoms with Crippen molar-refractivity contribution in [1.29, 1.82) is 0 Å². The Morgan fingerprint density at radius 1 is 0.833 bits per heavy atom. The van der Waals surface area contributed by atoms with Crippen LogP contribution in [0.1, 0.15) is 64.1 Å². The van der Waals surface area contributed by atoms with Crippen LogP contribution in [-0.4, -0.2) is 11.6 Å². The molecular weight excluding hydrogens is 436 g/mol. The first-order valence-electron chi connectivity index (χ1n) is 10.1. The molecule has 0 radical (unpaired) electrons. The van der Waals surface area contributed by atoms with E-state index in [1.165, 1.54) is 0 Å². The van der Waals surface area contributed by atoms with E-state index in [2.05, 4.69) is 41.9 Å². The van der Waals surface area contributed by atoms with Crippen LogP contribution in [0, 0.1) is 0 Å². The number of ketones is 2. The molecule has 0 saturated heterocycles. The van der Waals surface area contributed by atoms with Crippen LogP contribution in [0.2, 0.25) is 0 Å². The first-order chi connectivity index (χ1) is 14.3. The van der Waals surface area contributed by atoms with E-state index in [1.807, 2.05) is 61.5 Å². The molecule has 0 aliphatic heterocycles. The van der Waals surface area contributed by atoms with Crippen molar-refractivity contribution < 1.29 is 9.59 Å². The van der Waals surface area contributed by atoms with Crippen LogP contribution >= 0.6 is 15.9 Å². The molecule has 148 valence electrons. The van der Waals surface area contributed by atoms with E-state index < -0.39 is 5.92 Å². The second kappa shape index (κ2) is 6.61. The standard InChI is InChI=1S/C27H21BrO2/c1-15-14-27(2,3)21-13-12-19-18-6-4-5-7-20(18)26(30)22(23(19)24(21)25(15)29)16-8-10-17(28)11-9-16/h4-14,22H,1-3H3. The minimum atomic E-state index is -0.497. The number of Topliss-reactive ketones (excluding diaryl/α,β-unsaturated/α-hetero) is 2. The number of halogens is 1. The lowest BCUT2D eigenvalue weighted by Crippen LogP contribution is -2.30. The van der Waals surface area contributed by atoms with Gasteiger partial charge in [0.15, 0.2) is 11.6 Å². The zero-order valence-electron chi connectivity index (χ0n) is 17.1. The van der Waals surface area contributed by atoms with Crippen molar-refractivity contribution in [2.45, 2.75) is 32.1 Å². The third kappa shape index (κ3) is 2.69. The first-order valence-corrected chi connectivity index (χ1v) is 10.9. The van der Waals surface area contributed by atoms with Crippen molar-refractivity contribution in [2.75, 3.05) is 0 Å². The third-order valence-electron chi connectivity index (χ3n) is 6.34. The number of hydrogen-bond donors (Lipinski definition) is 0. The summed E-state index contributed by atoms with van der Waals surface area (Å²) in [5.41, 5.74) is 6.53. The van der Waals surface area contributed by atoms with Gasteiger partial charge < -0.3 is 0 Å². The van der Waals surface area contributed by atoms with Gasteiger partial charge in [0.1, 0.15) is 0 Å². The number of carbonyl (C=O) groups excluding carboxylic acids is 2. The van der Waals surface area contributed by atoms with Crippen LogP contribution in [0.3, 0.4) is 0 Å². The summed E-state index contributed by atoms with van der Waals surface area (Å²) >= 11 is 3.49. The quantitative estimate of drug-likeness (QED) is 0.400. The first kappa shape index (κ1) is 19.2. The molecule has 5 rings (SSSR count). The lowest BCUT2D eigenvalue weighted by molar-refractivity contribution is 0.0971. The van der Waals surface area contributed by atoms with Gasteiger partial charge in [-0.25, -0.2) is 0 Å². The van der Waals surface area contributed by atoms with Crippen molar-refractivity contribution >= 4 is 27.5 Å². The summed E-state index contributed by atoms with van der Waals surface area (Å²) in [6.07, 6.45) is 2.04. The van der Waals surface area contributed by atoms with Gasteiger partial charge in [-0.05, 0) is 52.4 Å². The molecule has 30 heavy (non-hydrogen) atoms. The molecule has 0 saturated carbocycles. The maximum Gasteiger partial charge on any atom is 0.189 e. The van der Waals surface area contributed by atoms with Crippen molar-refractivity contribution in [2.24, 2.45) is 0 Å². The number of fused-ring (bicyclic) bond motifs is 5. The Morgan fingerprint density at radius 3 is 2.20 bits per heavy atom. The highest BCUT2D eigenvalue weighted by Gasteiger charge is 2.40. The molecule has 0 amide bonds. The zero-order chi connectivity index (χ0) is 21.2. The van der Waals surface area contributed by atoms with E-state index in [0.29, 0.717) is 11.1 Å². The average Bonchev–Trinajstić information content (AvgIpc) is 2.72. The molecule has 3 aromatic rings. The number of benzene rings is 3. The van der Waals surface area contributed by atoms with Gasteiger partial charge in [0, 0.05) is 21.0 Å². The fourth-order valence-corrected chi connectivity index (χ4v) is 5.27. The molecule has 1 unspecified atom stereocenters. The maximum atomic E-state index is 13.8. The monoisotopic (exact) mass is 456 g/mol. The summed E-state index contributed by atoms with van der Waals surface area (Å²) < 4.78 is 0.959. The van der Waals surface area contributed by atoms with E-state index >= 15 is 0 Å². The SMILES string of the molecule is CC1=CC(C)(C)c2ccc3c(c2C1=O)C(c1ccc(Br)cc1)C(=O)c1ccccc1-3. The van der Waals surface area contributed by atoms with Crippen LogP contribution < -0.4 is 0 Å². The number of allylic oxidation sites excluding steroid dienone is 2. The molecule has 2 aliphatic carbocycles. The summed E-state index contributed by atoms with van der Waals surface area (Å²) in [5, 5.41) is 0. The molecule has 0 heterocycles. The Bertz CT molecular complexity index is 1260. The Morgan fingerprint density at radius 2 is 1.50 bits per heavy atom. The summed E-state index contributed by atoms with van der Waals surface area (Å²) in [7, 11) is 0. The minimum absolute atomic E-state index is 0.0236. The molecule has 0 spiro atoms. The lowest BCUT2D eigenvalue weighted by atomic mass is 9.66. The van der Waals surface area contributed by atoms with Gasteiger partial charge >= 0.3 is 0 Å². The summed E-state index contributed by atoms with van der Waals surface area (Å²) in [6, 6.07) is 19.8. The van der Waals surface area contributed by atoms with Gasteiger partial charge in [0.2, 0.25) is 0 Å². The average molecular weight is 457 g/mol. The zero-order valence-corrected chi connectivity index (χ0v) is 18.7. The smallest absolute Gasteiger partial charge is 0.189 e. The van der Waals surface area contributed by atoms with E-state index in [-0.39, 0.29) is 17.0 Å². The Balaban J connectivity index is 1.90. The molecule has 0 aromatic heterocycles. The van der Waals surface area contributed by atoms with Gasteiger partial charge in [0.25, 0.3) is 0 Å². The van der Waals surface area contributed by atoms with Gasteiger partial charge in [-0.3, -0.25) is 9.59 Å². The topological polar surface area (TPSA) is 34.1 Å². The molecule has 2 aliphatic rings. The van der Waals surface area contributed by atoms with Gasteiger partial charge in [-0.1, -0.05) is 84.4 Å². The molecule has 3 aromatic carbocycles. The van der Waals surface area contributed by atoms with Gasteiger partial charge in [-0.15, -0.1) is 0 Å². The molecule has 3 heteroatoms. The fraction of sp³-hybridized carbons (Fsp3) is 0.185. The van der Waals surface area contributed by atoms with E-state index in [4.69, 9.17) is 0 Å². The summed E-state index contributed by atoms with van der Waals surface area (Å²) in [6.45, 7) is 6.13. The Hall–Kier alpha value is -2.78. The summed E-state index contributed by atoms with van der Waals surface area (Å²) in [4.78, 5) is 27.2. The second-order valence-corrected chi connectivity index (χ2v) is 9.64. The van der Waals surface area contributed by atoms with Crippen molar-refractivity contribution in [3.8, 4) is 11.1 Å². The number of rotatable bonds is 1. The molecular formula is C27H21BrO2. The highest BCUT2D eigenvalue weighted by Crippen LogP contribution is 2.48. The largest absolute Gasteiger partial charge is 0.293 e. The van der Waals surface area contributed by atoms with Crippen LogP contribution in [0.15, 0.2) is 76.8 Å². The number of carbonyl (C=O) groups is 2. The summed E-state index contributed by atoms with van der Waals surface area (Å²) in [5.74, 6) is -0.425. The highest BCUT2D eigenvalue weighted by atomic mass is 79.9. The molecule has 0 N–H and O–H groups in total. The fourth-order valence-electron chi connectivity index (χ4n) is 5.01. The van der Waals surface area contributed by atoms with Crippen molar-refractivity contribution in [1.82, 2.24) is 0 Å². The second-order valence-electron chi connectivity index (χ2n) is 8.72. The third-order valence-corrected chi connectivity index (χ3v) is 6.87. The van der Waals surface area contributed by atoms with E-state index in [9.17, 15) is 9.59 Å². The molecule has 2 nitrogen and oxygen atoms in total. The van der Waals surface area contributed by atoms with Crippen LogP contribution in [-0.2, 0) is 5.41 Å². The van der Waals surface area contributed by atoms with Crippen molar-refractivity contribution in [3.63, 3.8) is 0 Å². The number of hydrogen-bond acceptors (Lipinski definition) is 2. The highest BCUT2D eigenvalue weighted by molar-refractivity contribution is 9.10. The molecule has 1 atom stereocenters. The molecule has 0 bridgehead atoms. The van der Waals surface area contributed by atoms with Crippen molar-refractivity contribution in [3.05, 3.63) is 105 Å². The van der Waals surface area contributed by atoms with Crippen LogP contribution in [0.25, 0.3) is 11.1 Å². The normalized spacial score (nSPS) is 18.9. The Kier molecular flexibility index (Phi) is 4.23.